The van der Waals surface area contributed by atoms with Crippen LogP contribution < -0.4 is 4.74 Å². The minimum absolute atomic E-state index is 0.000791. The molecule has 0 aromatic heterocycles. The highest BCUT2D eigenvalue weighted by Gasteiger charge is 2.05. The molecule has 3 nitrogen and oxygen atoms in total. The van der Waals surface area contributed by atoms with E-state index in [0.29, 0.717) is 18.8 Å². The topological polar surface area (TPSA) is 43.4 Å². The van der Waals surface area contributed by atoms with Gasteiger partial charge in [-0.1, -0.05) is 24.4 Å². The highest BCUT2D eigenvalue weighted by molar-refractivity contribution is 8.13. The lowest BCUT2D eigenvalue weighted by molar-refractivity contribution is 0.305. The molecule has 0 aliphatic rings. The van der Waals surface area contributed by atoms with Crippen molar-refractivity contribution in [1.29, 1.82) is 0 Å². The van der Waals surface area contributed by atoms with Crippen LogP contribution >= 0.6 is 22.3 Å². The van der Waals surface area contributed by atoms with Gasteiger partial charge >= 0.3 is 0 Å². The third-order valence-corrected chi connectivity index (χ3v) is 3.97. The minimum atomic E-state index is -3.38. The van der Waals surface area contributed by atoms with Crippen LogP contribution in [0.3, 0.4) is 0 Å². The highest BCUT2D eigenvalue weighted by atomic mass is 35.7. The second-order valence-corrected chi connectivity index (χ2v) is 7.38. The van der Waals surface area contributed by atoms with Crippen molar-refractivity contribution >= 4 is 31.3 Å². The quantitative estimate of drug-likeness (QED) is 0.535. The van der Waals surface area contributed by atoms with Crippen LogP contribution in [0, 0.1) is 5.82 Å². The van der Waals surface area contributed by atoms with Gasteiger partial charge in [-0.2, -0.15) is 0 Å². The number of rotatable bonds is 8. The normalized spacial score (nSPS) is 11.5. The molecule has 0 fully saturated rings. The molecule has 0 N–H and O–H groups in total. The number of hydrogen-bond acceptors (Lipinski definition) is 3. The van der Waals surface area contributed by atoms with Crippen molar-refractivity contribution in [3.63, 3.8) is 0 Å². The molecular weight excluding hydrogens is 314 g/mol. The van der Waals surface area contributed by atoms with Crippen molar-refractivity contribution < 1.29 is 17.5 Å². The molecule has 0 bridgehead atoms. The van der Waals surface area contributed by atoms with E-state index in [1.807, 2.05) is 0 Å². The Morgan fingerprint density at radius 2 is 1.84 bits per heavy atom. The van der Waals surface area contributed by atoms with Crippen LogP contribution in [0.1, 0.15) is 25.7 Å². The number of unbranched alkanes of at least 4 members (excludes halogenated alkanes) is 3. The van der Waals surface area contributed by atoms with Gasteiger partial charge in [-0.25, -0.2) is 12.8 Å². The zero-order valence-electron chi connectivity index (χ0n) is 10.2. The van der Waals surface area contributed by atoms with E-state index in [9.17, 15) is 12.8 Å². The van der Waals surface area contributed by atoms with Crippen LogP contribution in [0.25, 0.3) is 0 Å². The predicted molar refractivity (Wildman–Crippen MR) is 75.0 cm³/mol. The van der Waals surface area contributed by atoms with Gasteiger partial charge in [0.05, 0.1) is 17.4 Å². The largest absolute Gasteiger partial charge is 0.492 e. The van der Waals surface area contributed by atoms with E-state index in [0.717, 1.165) is 19.3 Å². The van der Waals surface area contributed by atoms with E-state index >= 15 is 0 Å². The molecule has 0 atom stereocenters. The molecular formula is C12H15Cl2FO3S. The van der Waals surface area contributed by atoms with Crippen LogP contribution in [-0.4, -0.2) is 20.8 Å². The first-order valence-electron chi connectivity index (χ1n) is 5.89. The van der Waals surface area contributed by atoms with Gasteiger partial charge in [0.2, 0.25) is 9.05 Å². The van der Waals surface area contributed by atoms with Crippen molar-refractivity contribution in [2.45, 2.75) is 25.7 Å². The summed E-state index contributed by atoms with van der Waals surface area (Å²) in [5.74, 6) is 0.0465. The maximum Gasteiger partial charge on any atom is 0.232 e. The summed E-state index contributed by atoms with van der Waals surface area (Å²) in [6.07, 6.45) is 2.93. The Kier molecular flexibility index (Phi) is 6.89. The summed E-state index contributed by atoms with van der Waals surface area (Å²) in [6.45, 7) is 0.457. The third-order valence-electron chi connectivity index (χ3n) is 2.43. The van der Waals surface area contributed by atoms with Crippen LogP contribution in [0.2, 0.25) is 5.02 Å². The monoisotopic (exact) mass is 328 g/mol. The van der Waals surface area contributed by atoms with E-state index in [1.165, 1.54) is 18.2 Å². The molecule has 0 aliphatic carbocycles. The maximum atomic E-state index is 12.8. The standard InChI is InChI=1S/C12H15Cl2FO3S/c13-11-9-10(15)5-6-12(11)18-7-3-1-2-4-8-19(14,16)17/h5-6,9H,1-4,7-8H2. The van der Waals surface area contributed by atoms with Crippen molar-refractivity contribution in [3.8, 4) is 5.75 Å². The first-order valence-corrected chi connectivity index (χ1v) is 8.74. The second kappa shape index (κ2) is 7.92. The lowest BCUT2D eigenvalue weighted by Gasteiger charge is -2.07. The first kappa shape index (κ1) is 16.5. The van der Waals surface area contributed by atoms with Crippen molar-refractivity contribution in [2.75, 3.05) is 12.4 Å². The fourth-order valence-electron chi connectivity index (χ4n) is 1.50. The molecule has 0 aliphatic heterocycles. The van der Waals surface area contributed by atoms with Crippen LogP contribution in [0.15, 0.2) is 18.2 Å². The van der Waals surface area contributed by atoms with Gasteiger partial charge in [0, 0.05) is 10.7 Å². The van der Waals surface area contributed by atoms with Crippen LogP contribution in [0.5, 0.6) is 5.75 Å². The van der Waals surface area contributed by atoms with Crippen molar-refractivity contribution in [1.82, 2.24) is 0 Å². The average Bonchev–Trinajstić information content (AvgIpc) is 2.29. The summed E-state index contributed by atoms with van der Waals surface area (Å²) in [4.78, 5) is 0. The van der Waals surface area contributed by atoms with Gasteiger partial charge < -0.3 is 4.74 Å². The Morgan fingerprint density at radius 1 is 1.16 bits per heavy atom. The molecule has 1 aromatic rings. The molecule has 0 amide bonds. The summed E-state index contributed by atoms with van der Waals surface area (Å²) >= 11 is 5.80. The number of ether oxygens (including phenoxy) is 1. The van der Waals surface area contributed by atoms with E-state index in [4.69, 9.17) is 27.0 Å². The average molecular weight is 329 g/mol. The van der Waals surface area contributed by atoms with Gasteiger partial charge in [-0.15, -0.1) is 0 Å². The Bertz CT molecular complexity index is 506. The van der Waals surface area contributed by atoms with Crippen molar-refractivity contribution in [2.24, 2.45) is 0 Å². The van der Waals surface area contributed by atoms with Gasteiger partial charge in [-0.05, 0) is 31.0 Å². The summed E-state index contributed by atoms with van der Waals surface area (Å²) in [5.41, 5.74) is 0. The predicted octanol–water partition coefficient (Wildman–Crippen LogP) is 3.99. The number of halogens is 3. The Hall–Kier alpha value is -0.520. The summed E-state index contributed by atoms with van der Waals surface area (Å²) in [6, 6.07) is 3.96. The smallest absolute Gasteiger partial charge is 0.232 e. The van der Waals surface area contributed by atoms with Crippen LogP contribution in [-0.2, 0) is 9.05 Å². The fraction of sp³-hybridized carbons (Fsp3) is 0.500. The second-order valence-electron chi connectivity index (χ2n) is 4.08. The molecule has 7 heteroatoms. The molecule has 0 radical (unpaired) electrons. The number of benzene rings is 1. The van der Waals surface area contributed by atoms with E-state index in [1.54, 1.807) is 0 Å². The molecule has 108 valence electrons. The Balaban J connectivity index is 2.14. The SMILES string of the molecule is O=S(=O)(Cl)CCCCCCOc1ccc(F)cc1Cl. The summed E-state index contributed by atoms with van der Waals surface area (Å²) < 4.78 is 39.5. The molecule has 1 rings (SSSR count). The highest BCUT2D eigenvalue weighted by Crippen LogP contribution is 2.25. The summed E-state index contributed by atoms with van der Waals surface area (Å²) in [7, 11) is 1.70. The fourth-order valence-corrected chi connectivity index (χ4v) is 2.60. The molecule has 0 saturated carbocycles. The minimum Gasteiger partial charge on any atom is -0.492 e. The lowest BCUT2D eigenvalue weighted by atomic mass is 10.2. The van der Waals surface area contributed by atoms with Gasteiger partial charge in [-0.3, -0.25) is 0 Å². The van der Waals surface area contributed by atoms with E-state index < -0.39 is 14.9 Å². The summed E-state index contributed by atoms with van der Waals surface area (Å²) in [5, 5.41) is 0.244. The molecule has 19 heavy (non-hydrogen) atoms. The molecule has 0 heterocycles. The zero-order chi connectivity index (χ0) is 14.3. The third kappa shape index (κ3) is 7.60. The first-order chi connectivity index (χ1) is 8.88. The molecule has 0 unspecified atom stereocenters. The van der Waals surface area contributed by atoms with E-state index in [2.05, 4.69) is 0 Å². The maximum absolute atomic E-state index is 12.8. The van der Waals surface area contributed by atoms with Crippen LogP contribution in [0.4, 0.5) is 4.39 Å². The number of hydrogen-bond donors (Lipinski definition) is 0. The van der Waals surface area contributed by atoms with E-state index in [-0.39, 0.29) is 10.8 Å². The molecule has 0 spiro atoms. The Morgan fingerprint density at radius 3 is 2.47 bits per heavy atom. The van der Waals surface area contributed by atoms with Crippen molar-refractivity contribution in [3.05, 3.63) is 29.0 Å². The zero-order valence-corrected chi connectivity index (χ0v) is 12.6. The van der Waals surface area contributed by atoms with Gasteiger partial charge in [0.1, 0.15) is 11.6 Å². The Labute approximate surface area is 122 Å². The molecule has 0 saturated heterocycles. The van der Waals surface area contributed by atoms with Gasteiger partial charge in [0.25, 0.3) is 0 Å². The lowest BCUT2D eigenvalue weighted by Crippen LogP contribution is -2.00. The molecule has 1 aromatic carbocycles. The van der Waals surface area contributed by atoms with Gasteiger partial charge in [0.15, 0.2) is 0 Å².